The lowest BCUT2D eigenvalue weighted by Crippen LogP contribution is -2.46. The van der Waals surface area contributed by atoms with Gasteiger partial charge in [-0.25, -0.2) is 9.59 Å². The summed E-state index contributed by atoms with van der Waals surface area (Å²) in [6, 6.07) is 2.43. The van der Waals surface area contributed by atoms with Crippen molar-refractivity contribution < 1.29 is 14.7 Å². The number of aliphatic carboxylic acids is 1. The molecule has 98 valence electrons. The standard InChI is InChI=1S/C12H17N3O3/c1-2-10(11(16)17)15-12(18)14-8-5-9-3-6-13-7-4-9/h3-4,6-7,10H,2,5,8H2,1H3,(H,16,17)(H2,14,15,18). The van der Waals surface area contributed by atoms with Crippen molar-refractivity contribution in [2.24, 2.45) is 0 Å². The average Bonchev–Trinajstić information content (AvgIpc) is 2.37. The molecule has 6 heteroatoms. The van der Waals surface area contributed by atoms with Gasteiger partial charge in [0.05, 0.1) is 0 Å². The fraction of sp³-hybridized carbons (Fsp3) is 0.417. The molecule has 1 rings (SSSR count). The number of carboxylic acid groups (broad SMARTS) is 1. The number of hydrogen-bond donors (Lipinski definition) is 3. The fourth-order valence-corrected chi connectivity index (χ4v) is 1.42. The molecule has 1 aromatic rings. The van der Waals surface area contributed by atoms with E-state index in [1.807, 2.05) is 12.1 Å². The van der Waals surface area contributed by atoms with Crippen LogP contribution in [0.3, 0.4) is 0 Å². The Hall–Kier alpha value is -2.11. The molecule has 0 radical (unpaired) electrons. The number of nitrogens with one attached hydrogen (secondary N) is 2. The van der Waals surface area contributed by atoms with Crippen LogP contribution in [0.5, 0.6) is 0 Å². The van der Waals surface area contributed by atoms with E-state index in [0.717, 1.165) is 5.56 Å². The van der Waals surface area contributed by atoms with Crippen LogP contribution in [0.25, 0.3) is 0 Å². The van der Waals surface area contributed by atoms with E-state index in [4.69, 9.17) is 5.11 Å². The molecule has 0 spiro atoms. The minimum absolute atomic E-state index is 0.354. The highest BCUT2D eigenvalue weighted by molar-refractivity contribution is 5.82. The zero-order valence-electron chi connectivity index (χ0n) is 10.2. The van der Waals surface area contributed by atoms with E-state index in [0.29, 0.717) is 19.4 Å². The molecule has 0 aliphatic rings. The third kappa shape index (κ3) is 4.82. The molecule has 1 unspecified atom stereocenters. The highest BCUT2D eigenvalue weighted by Crippen LogP contribution is 1.96. The number of pyridine rings is 1. The number of nitrogens with zero attached hydrogens (tertiary/aromatic N) is 1. The average molecular weight is 251 g/mol. The summed E-state index contributed by atoms with van der Waals surface area (Å²) in [6.07, 6.45) is 4.41. The normalized spacial score (nSPS) is 11.6. The van der Waals surface area contributed by atoms with Gasteiger partial charge >= 0.3 is 12.0 Å². The second-order valence-corrected chi connectivity index (χ2v) is 3.80. The largest absolute Gasteiger partial charge is 0.480 e. The summed E-state index contributed by atoms with van der Waals surface area (Å²) in [5, 5.41) is 13.8. The minimum atomic E-state index is -1.03. The van der Waals surface area contributed by atoms with Crippen molar-refractivity contribution in [1.82, 2.24) is 15.6 Å². The predicted molar refractivity (Wildman–Crippen MR) is 66.2 cm³/mol. The van der Waals surface area contributed by atoms with Gasteiger partial charge in [-0.1, -0.05) is 6.92 Å². The molecule has 18 heavy (non-hydrogen) atoms. The summed E-state index contributed by atoms with van der Waals surface area (Å²) in [5.41, 5.74) is 1.07. The first kappa shape index (κ1) is 14.0. The predicted octanol–water partition coefficient (Wildman–Crippen LogP) is 0.786. The van der Waals surface area contributed by atoms with Gasteiger partial charge in [-0.15, -0.1) is 0 Å². The van der Waals surface area contributed by atoms with E-state index in [-0.39, 0.29) is 0 Å². The lowest BCUT2D eigenvalue weighted by molar-refractivity contribution is -0.139. The quantitative estimate of drug-likeness (QED) is 0.697. The van der Waals surface area contributed by atoms with Crippen LogP contribution in [0.1, 0.15) is 18.9 Å². The summed E-state index contributed by atoms with van der Waals surface area (Å²) in [7, 11) is 0. The molecule has 0 fully saturated rings. The van der Waals surface area contributed by atoms with Gasteiger partial charge in [0.1, 0.15) is 6.04 Å². The monoisotopic (exact) mass is 251 g/mol. The van der Waals surface area contributed by atoms with Gasteiger partial charge in [0.2, 0.25) is 0 Å². The van der Waals surface area contributed by atoms with Crippen molar-refractivity contribution in [3.05, 3.63) is 30.1 Å². The van der Waals surface area contributed by atoms with Crippen molar-refractivity contribution in [2.75, 3.05) is 6.54 Å². The Balaban J connectivity index is 2.27. The van der Waals surface area contributed by atoms with E-state index in [9.17, 15) is 9.59 Å². The van der Waals surface area contributed by atoms with Crippen molar-refractivity contribution in [3.8, 4) is 0 Å². The van der Waals surface area contributed by atoms with E-state index in [1.54, 1.807) is 19.3 Å². The molecule has 6 nitrogen and oxygen atoms in total. The van der Waals surface area contributed by atoms with Gasteiger partial charge in [-0.05, 0) is 30.5 Å². The number of aromatic nitrogens is 1. The van der Waals surface area contributed by atoms with Crippen molar-refractivity contribution in [1.29, 1.82) is 0 Å². The smallest absolute Gasteiger partial charge is 0.326 e. The van der Waals surface area contributed by atoms with E-state index in [1.165, 1.54) is 0 Å². The Kier molecular flexibility index (Phi) is 5.63. The van der Waals surface area contributed by atoms with Crippen LogP contribution >= 0.6 is 0 Å². The number of carbonyl (C=O) groups is 2. The van der Waals surface area contributed by atoms with Gasteiger partial charge in [0, 0.05) is 18.9 Å². The van der Waals surface area contributed by atoms with Crippen LogP contribution < -0.4 is 10.6 Å². The van der Waals surface area contributed by atoms with Gasteiger partial charge < -0.3 is 15.7 Å². The summed E-state index contributed by atoms with van der Waals surface area (Å²) in [6.45, 7) is 2.15. The maximum atomic E-state index is 11.4. The van der Waals surface area contributed by atoms with Crippen molar-refractivity contribution in [3.63, 3.8) is 0 Å². The van der Waals surface area contributed by atoms with Gasteiger partial charge in [-0.2, -0.15) is 0 Å². The molecule has 0 bridgehead atoms. The summed E-state index contributed by atoms with van der Waals surface area (Å²) >= 11 is 0. The maximum absolute atomic E-state index is 11.4. The van der Waals surface area contributed by atoms with Crippen molar-refractivity contribution >= 4 is 12.0 Å². The zero-order valence-corrected chi connectivity index (χ0v) is 10.2. The molecule has 1 atom stereocenters. The van der Waals surface area contributed by atoms with Gasteiger partial charge in [0.25, 0.3) is 0 Å². The maximum Gasteiger partial charge on any atom is 0.326 e. The Morgan fingerprint density at radius 2 is 2.06 bits per heavy atom. The topological polar surface area (TPSA) is 91.3 Å². The first-order valence-corrected chi connectivity index (χ1v) is 5.79. The Labute approximate surface area is 105 Å². The van der Waals surface area contributed by atoms with Gasteiger partial charge in [0.15, 0.2) is 0 Å². The number of carboxylic acids is 1. The molecular weight excluding hydrogens is 234 g/mol. The fourth-order valence-electron chi connectivity index (χ4n) is 1.42. The van der Waals surface area contributed by atoms with E-state index in [2.05, 4.69) is 15.6 Å². The SMILES string of the molecule is CCC(NC(=O)NCCc1ccncc1)C(=O)O. The highest BCUT2D eigenvalue weighted by atomic mass is 16.4. The Bertz CT molecular complexity index is 395. The summed E-state index contributed by atoms with van der Waals surface area (Å²) in [4.78, 5) is 26.0. The second kappa shape index (κ2) is 7.26. The van der Waals surface area contributed by atoms with Crippen LogP contribution in [-0.2, 0) is 11.2 Å². The van der Waals surface area contributed by atoms with E-state index >= 15 is 0 Å². The van der Waals surface area contributed by atoms with Crippen molar-refractivity contribution in [2.45, 2.75) is 25.8 Å². The molecule has 0 saturated carbocycles. The Morgan fingerprint density at radius 1 is 1.39 bits per heavy atom. The molecule has 0 aliphatic heterocycles. The molecule has 0 aromatic carbocycles. The molecule has 0 aliphatic carbocycles. The number of amides is 2. The Morgan fingerprint density at radius 3 is 2.61 bits per heavy atom. The third-order valence-electron chi connectivity index (χ3n) is 2.46. The number of urea groups is 1. The summed E-state index contributed by atoms with van der Waals surface area (Å²) < 4.78 is 0. The lowest BCUT2D eigenvalue weighted by Gasteiger charge is -2.13. The zero-order chi connectivity index (χ0) is 13.4. The molecule has 3 N–H and O–H groups in total. The van der Waals surface area contributed by atoms with Crippen LogP contribution in [0.4, 0.5) is 4.79 Å². The highest BCUT2D eigenvalue weighted by Gasteiger charge is 2.16. The molecule has 1 heterocycles. The lowest BCUT2D eigenvalue weighted by atomic mass is 10.2. The minimum Gasteiger partial charge on any atom is -0.480 e. The molecule has 0 saturated heterocycles. The number of carbonyl (C=O) groups excluding carboxylic acids is 1. The number of hydrogen-bond acceptors (Lipinski definition) is 3. The van der Waals surface area contributed by atoms with Crippen LogP contribution in [0, 0.1) is 0 Å². The summed E-state index contributed by atoms with van der Waals surface area (Å²) in [5.74, 6) is -1.03. The van der Waals surface area contributed by atoms with Crippen LogP contribution in [0.15, 0.2) is 24.5 Å². The molecular formula is C12H17N3O3. The molecule has 2 amide bonds. The molecule has 1 aromatic heterocycles. The first-order chi connectivity index (χ1) is 8.63. The first-order valence-electron chi connectivity index (χ1n) is 5.79. The number of rotatable bonds is 6. The van der Waals surface area contributed by atoms with Crippen LogP contribution in [-0.4, -0.2) is 34.7 Å². The second-order valence-electron chi connectivity index (χ2n) is 3.80. The third-order valence-corrected chi connectivity index (χ3v) is 2.46. The van der Waals surface area contributed by atoms with Gasteiger partial charge in [-0.3, -0.25) is 4.98 Å². The van der Waals surface area contributed by atoms with E-state index < -0.39 is 18.0 Å². The van der Waals surface area contributed by atoms with Crippen LogP contribution in [0.2, 0.25) is 0 Å².